The minimum atomic E-state index is -3.63. The first kappa shape index (κ1) is 27.1. The zero-order valence-electron chi connectivity index (χ0n) is 22.5. The Hall–Kier alpha value is -3.47. The summed E-state index contributed by atoms with van der Waals surface area (Å²) in [4.78, 5) is 15.3. The fraction of sp³-hybridized carbons (Fsp3) is 0.276. The summed E-state index contributed by atoms with van der Waals surface area (Å²) in [6.45, 7) is 5.34. The number of fused-ring (bicyclic) bond motifs is 1. The van der Waals surface area contributed by atoms with E-state index < -0.39 is 10.0 Å². The molecular formula is C29H31N5O3S2. The number of para-hydroxylation sites is 1. The summed E-state index contributed by atoms with van der Waals surface area (Å²) in [5.74, 6) is 0.788. The Morgan fingerprint density at radius 3 is 2.36 bits per heavy atom. The van der Waals surface area contributed by atoms with Gasteiger partial charge in [0.05, 0.1) is 16.3 Å². The molecule has 1 aliphatic heterocycles. The molecule has 0 spiro atoms. The average molecular weight is 562 g/mol. The smallest absolute Gasteiger partial charge is 0.242 e. The van der Waals surface area contributed by atoms with Crippen molar-refractivity contribution in [2.45, 2.75) is 36.9 Å². The van der Waals surface area contributed by atoms with Crippen LogP contribution >= 0.6 is 11.8 Å². The Balaban J connectivity index is 1.49. The van der Waals surface area contributed by atoms with Gasteiger partial charge in [-0.3, -0.25) is 9.36 Å². The molecule has 0 saturated carbocycles. The summed E-state index contributed by atoms with van der Waals surface area (Å²) < 4.78 is 28.8. The monoisotopic (exact) mass is 561 g/mol. The number of benzene rings is 3. The van der Waals surface area contributed by atoms with Crippen LogP contribution < -0.4 is 0 Å². The third-order valence-electron chi connectivity index (χ3n) is 6.98. The van der Waals surface area contributed by atoms with Gasteiger partial charge in [0.25, 0.3) is 0 Å². The molecule has 10 heteroatoms. The van der Waals surface area contributed by atoms with Crippen molar-refractivity contribution in [3.63, 3.8) is 0 Å². The molecule has 8 nitrogen and oxygen atoms in total. The zero-order valence-corrected chi connectivity index (χ0v) is 24.1. The number of sulfonamides is 1. The molecule has 0 radical (unpaired) electrons. The predicted molar refractivity (Wildman–Crippen MR) is 153 cm³/mol. The van der Waals surface area contributed by atoms with Crippen molar-refractivity contribution in [1.29, 1.82) is 0 Å². The molecule has 1 aromatic heterocycles. The van der Waals surface area contributed by atoms with Crippen molar-refractivity contribution in [3.05, 3.63) is 89.0 Å². The van der Waals surface area contributed by atoms with E-state index in [4.69, 9.17) is 0 Å². The second-order valence-corrected chi connectivity index (χ2v) is 12.9. The molecule has 5 rings (SSSR count). The maximum atomic E-state index is 13.2. The standard InChI is InChI=1S/C29H31N5O3S2/c1-20-9-7-10-21(2)27(20)34-28(23-13-8-14-25(17-23)39(36,37)32(3)4)30-31-29(34)38-19-26(35)33-16-15-22-11-5-6-12-24(22)18-33/h5-14,17H,15-16,18-19H2,1-4H3. The summed E-state index contributed by atoms with van der Waals surface area (Å²) in [6.07, 6.45) is 0.849. The second kappa shape index (κ2) is 11.0. The van der Waals surface area contributed by atoms with Crippen LogP contribution in [0.5, 0.6) is 0 Å². The van der Waals surface area contributed by atoms with E-state index in [2.05, 4.69) is 22.3 Å². The van der Waals surface area contributed by atoms with Gasteiger partial charge >= 0.3 is 0 Å². The van der Waals surface area contributed by atoms with E-state index in [9.17, 15) is 13.2 Å². The molecule has 0 unspecified atom stereocenters. The van der Waals surface area contributed by atoms with Gasteiger partial charge in [-0.2, -0.15) is 0 Å². The first-order valence-corrected chi connectivity index (χ1v) is 15.1. The number of carbonyl (C=O) groups is 1. The number of rotatable bonds is 7. The summed E-state index contributed by atoms with van der Waals surface area (Å²) in [5, 5.41) is 9.55. The minimum Gasteiger partial charge on any atom is -0.337 e. The molecule has 0 atom stereocenters. The number of aromatic nitrogens is 3. The fourth-order valence-electron chi connectivity index (χ4n) is 4.84. The number of carbonyl (C=O) groups excluding carboxylic acids is 1. The minimum absolute atomic E-state index is 0.0474. The molecule has 0 N–H and O–H groups in total. The van der Waals surface area contributed by atoms with Crippen LogP contribution in [0.4, 0.5) is 0 Å². The summed E-state index contributed by atoms with van der Waals surface area (Å²) >= 11 is 1.34. The van der Waals surface area contributed by atoms with Crippen LogP contribution in [0.25, 0.3) is 17.1 Å². The maximum absolute atomic E-state index is 13.2. The first-order valence-electron chi connectivity index (χ1n) is 12.7. The van der Waals surface area contributed by atoms with Gasteiger partial charge in [0, 0.05) is 32.7 Å². The SMILES string of the molecule is Cc1cccc(C)c1-n1c(SCC(=O)N2CCc3ccccc3C2)nnc1-c1cccc(S(=O)(=O)N(C)C)c1. The average Bonchev–Trinajstić information content (AvgIpc) is 3.34. The van der Waals surface area contributed by atoms with E-state index in [1.54, 1.807) is 18.2 Å². The van der Waals surface area contributed by atoms with Crippen molar-refractivity contribution >= 4 is 27.7 Å². The van der Waals surface area contributed by atoms with Crippen LogP contribution in [0.3, 0.4) is 0 Å². The van der Waals surface area contributed by atoms with Crippen molar-refractivity contribution < 1.29 is 13.2 Å². The van der Waals surface area contributed by atoms with Crippen LogP contribution in [0.15, 0.2) is 76.8 Å². The molecule has 0 fully saturated rings. The van der Waals surface area contributed by atoms with Gasteiger partial charge in [0.15, 0.2) is 11.0 Å². The Morgan fingerprint density at radius 2 is 1.64 bits per heavy atom. The number of aryl methyl sites for hydroxylation is 2. The van der Waals surface area contributed by atoms with E-state index in [0.717, 1.165) is 23.2 Å². The number of hydrogen-bond donors (Lipinski definition) is 0. The van der Waals surface area contributed by atoms with Gasteiger partial charge in [0.1, 0.15) is 0 Å². The Bertz CT molecular complexity index is 1630. The summed E-state index contributed by atoms with van der Waals surface area (Å²) in [6, 6.07) is 21.0. The van der Waals surface area contributed by atoms with Crippen LogP contribution in [-0.2, 0) is 27.8 Å². The van der Waals surface area contributed by atoms with Crippen LogP contribution in [0.2, 0.25) is 0 Å². The van der Waals surface area contributed by atoms with Crippen LogP contribution in [0, 0.1) is 13.8 Å². The second-order valence-electron chi connectivity index (χ2n) is 9.82. The van der Waals surface area contributed by atoms with Gasteiger partial charge in [-0.25, -0.2) is 12.7 Å². The molecule has 0 saturated heterocycles. The lowest BCUT2D eigenvalue weighted by Gasteiger charge is -2.28. The Morgan fingerprint density at radius 1 is 0.949 bits per heavy atom. The first-order chi connectivity index (χ1) is 18.7. The molecule has 3 aromatic carbocycles. The van der Waals surface area contributed by atoms with Crippen molar-refractivity contribution in [1.82, 2.24) is 24.0 Å². The lowest BCUT2D eigenvalue weighted by molar-refractivity contribution is -0.129. The molecule has 39 heavy (non-hydrogen) atoms. The molecule has 1 amide bonds. The van der Waals surface area contributed by atoms with E-state index in [-0.39, 0.29) is 16.6 Å². The molecular weight excluding hydrogens is 530 g/mol. The molecule has 1 aliphatic rings. The van der Waals surface area contributed by atoms with Gasteiger partial charge < -0.3 is 4.90 Å². The largest absolute Gasteiger partial charge is 0.337 e. The highest BCUT2D eigenvalue weighted by Gasteiger charge is 2.25. The Kier molecular flexibility index (Phi) is 7.61. The van der Waals surface area contributed by atoms with Gasteiger partial charge in [-0.15, -0.1) is 10.2 Å². The molecule has 0 bridgehead atoms. The number of amides is 1. The van der Waals surface area contributed by atoms with Crippen molar-refractivity contribution in [2.24, 2.45) is 0 Å². The zero-order chi connectivity index (χ0) is 27.7. The van der Waals surface area contributed by atoms with Gasteiger partial charge in [-0.1, -0.05) is 66.4 Å². The molecule has 0 aliphatic carbocycles. The van der Waals surface area contributed by atoms with Gasteiger partial charge in [-0.05, 0) is 54.7 Å². The van der Waals surface area contributed by atoms with Crippen molar-refractivity contribution in [2.75, 3.05) is 26.4 Å². The summed E-state index contributed by atoms with van der Waals surface area (Å²) in [5.41, 5.74) is 6.07. The lowest BCUT2D eigenvalue weighted by Crippen LogP contribution is -2.37. The van der Waals surface area contributed by atoms with Crippen LogP contribution in [0.1, 0.15) is 22.3 Å². The third-order valence-corrected chi connectivity index (χ3v) is 9.70. The fourth-order valence-corrected chi connectivity index (χ4v) is 6.63. The quantitative estimate of drug-likeness (QED) is 0.309. The van der Waals surface area contributed by atoms with Crippen LogP contribution in [-0.4, -0.2) is 64.7 Å². The number of hydrogen-bond acceptors (Lipinski definition) is 6. The highest BCUT2D eigenvalue weighted by molar-refractivity contribution is 7.99. The van der Waals surface area contributed by atoms with E-state index in [0.29, 0.717) is 29.6 Å². The summed E-state index contributed by atoms with van der Waals surface area (Å²) in [7, 11) is -0.613. The molecule has 2 heterocycles. The third kappa shape index (κ3) is 5.36. The van der Waals surface area contributed by atoms with E-state index in [1.165, 1.54) is 41.3 Å². The molecule has 202 valence electrons. The number of nitrogens with zero attached hydrogens (tertiary/aromatic N) is 5. The molecule has 4 aromatic rings. The highest BCUT2D eigenvalue weighted by atomic mass is 32.2. The topological polar surface area (TPSA) is 88.4 Å². The highest BCUT2D eigenvalue weighted by Crippen LogP contribution is 2.32. The predicted octanol–water partition coefficient (Wildman–Crippen LogP) is 4.48. The van der Waals surface area contributed by atoms with E-state index >= 15 is 0 Å². The maximum Gasteiger partial charge on any atom is 0.242 e. The van der Waals surface area contributed by atoms with Gasteiger partial charge in [0.2, 0.25) is 15.9 Å². The van der Waals surface area contributed by atoms with E-state index in [1.807, 2.05) is 59.7 Å². The normalized spacial score (nSPS) is 13.5. The van der Waals surface area contributed by atoms with Crippen molar-refractivity contribution in [3.8, 4) is 17.1 Å². The Labute approximate surface area is 233 Å². The lowest BCUT2D eigenvalue weighted by atomic mass is 10.00. The number of thioether (sulfide) groups is 1.